The summed E-state index contributed by atoms with van der Waals surface area (Å²) in [7, 11) is 0. The van der Waals surface area contributed by atoms with Crippen LogP contribution in [0.5, 0.6) is 0 Å². The van der Waals surface area contributed by atoms with E-state index in [4.69, 9.17) is 29.6 Å². The maximum Gasteiger partial charge on any atom is 0.0727 e. The topological polar surface area (TPSA) is 32.5 Å². The fourth-order valence-corrected chi connectivity index (χ4v) is 2.71. The SMILES string of the molecule is NC(=S)CCCN1CCN(c2cccc(Cl)c2)CC1. The normalized spacial score (nSPS) is 16.6. The number of nitrogens with zero attached hydrogens (tertiary/aromatic N) is 2. The number of hydrogen-bond donors (Lipinski definition) is 1. The van der Waals surface area contributed by atoms with Gasteiger partial charge in [-0.1, -0.05) is 29.9 Å². The maximum absolute atomic E-state index is 6.03. The Morgan fingerprint density at radius 2 is 2.00 bits per heavy atom. The summed E-state index contributed by atoms with van der Waals surface area (Å²) < 4.78 is 0. The third-order valence-corrected chi connectivity index (χ3v) is 3.88. The van der Waals surface area contributed by atoms with Gasteiger partial charge in [0.2, 0.25) is 0 Å². The first-order valence-corrected chi connectivity index (χ1v) is 7.45. The van der Waals surface area contributed by atoms with Gasteiger partial charge in [-0.25, -0.2) is 0 Å². The van der Waals surface area contributed by atoms with Gasteiger partial charge in [0.05, 0.1) is 4.99 Å². The Hall–Kier alpha value is -0.840. The van der Waals surface area contributed by atoms with Gasteiger partial charge < -0.3 is 10.6 Å². The molecule has 1 saturated heterocycles. The van der Waals surface area contributed by atoms with E-state index in [1.54, 1.807) is 0 Å². The lowest BCUT2D eigenvalue weighted by molar-refractivity contribution is 0.256. The summed E-state index contributed by atoms with van der Waals surface area (Å²) in [4.78, 5) is 5.48. The highest BCUT2D eigenvalue weighted by molar-refractivity contribution is 7.80. The van der Waals surface area contributed by atoms with E-state index < -0.39 is 0 Å². The molecule has 1 aromatic rings. The number of anilines is 1. The van der Waals surface area contributed by atoms with Gasteiger partial charge in [-0.2, -0.15) is 0 Å². The van der Waals surface area contributed by atoms with Crippen molar-refractivity contribution in [2.75, 3.05) is 37.6 Å². The van der Waals surface area contributed by atoms with Crippen molar-refractivity contribution in [3.63, 3.8) is 0 Å². The van der Waals surface area contributed by atoms with Gasteiger partial charge in [0.25, 0.3) is 0 Å². The Morgan fingerprint density at radius 3 is 2.63 bits per heavy atom. The lowest BCUT2D eigenvalue weighted by atomic mass is 10.2. The molecule has 1 aliphatic heterocycles. The number of benzene rings is 1. The van der Waals surface area contributed by atoms with Crippen molar-refractivity contribution < 1.29 is 0 Å². The van der Waals surface area contributed by atoms with E-state index in [-0.39, 0.29) is 0 Å². The molecule has 0 atom stereocenters. The summed E-state index contributed by atoms with van der Waals surface area (Å²) in [6.45, 7) is 5.36. The predicted molar refractivity (Wildman–Crippen MR) is 86.1 cm³/mol. The van der Waals surface area contributed by atoms with Crippen LogP contribution in [0.1, 0.15) is 12.8 Å². The molecular weight excluding hydrogens is 278 g/mol. The van der Waals surface area contributed by atoms with Crippen LogP contribution in [0, 0.1) is 0 Å². The lowest BCUT2D eigenvalue weighted by Gasteiger charge is -2.36. The molecule has 2 N–H and O–H groups in total. The van der Waals surface area contributed by atoms with Crippen LogP contribution in [-0.4, -0.2) is 42.6 Å². The highest BCUT2D eigenvalue weighted by Gasteiger charge is 2.16. The summed E-state index contributed by atoms with van der Waals surface area (Å²) >= 11 is 10.9. The Balaban J connectivity index is 1.77. The van der Waals surface area contributed by atoms with Crippen molar-refractivity contribution in [1.82, 2.24) is 4.90 Å². The molecule has 1 aromatic carbocycles. The molecule has 0 aromatic heterocycles. The highest BCUT2D eigenvalue weighted by atomic mass is 35.5. The van der Waals surface area contributed by atoms with E-state index >= 15 is 0 Å². The van der Waals surface area contributed by atoms with E-state index in [1.807, 2.05) is 18.2 Å². The molecule has 2 rings (SSSR count). The first kappa shape index (κ1) is 14.6. The number of thiocarbonyl (C=S) groups is 1. The third kappa shape index (κ3) is 4.64. The van der Waals surface area contributed by atoms with E-state index in [0.29, 0.717) is 4.99 Å². The number of nitrogens with two attached hydrogens (primary N) is 1. The molecule has 1 fully saturated rings. The monoisotopic (exact) mass is 297 g/mol. The van der Waals surface area contributed by atoms with Gasteiger partial charge in [-0.15, -0.1) is 0 Å². The van der Waals surface area contributed by atoms with Crippen LogP contribution in [0.2, 0.25) is 5.02 Å². The molecule has 0 radical (unpaired) electrons. The first-order chi connectivity index (χ1) is 9.15. The van der Waals surface area contributed by atoms with Crippen molar-refractivity contribution in [2.45, 2.75) is 12.8 Å². The summed E-state index contributed by atoms with van der Waals surface area (Å²) in [6.07, 6.45) is 1.91. The van der Waals surface area contributed by atoms with Crippen LogP contribution in [0.25, 0.3) is 0 Å². The first-order valence-electron chi connectivity index (χ1n) is 6.66. The van der Waals surface area contributed by atoms with Crippen LogP contribution < -0.4 is 10.6 Å². The zero-order chi connectivity index (χ0) is 13.7. The third-order valence-electron chi connectivity index (χ3n) is 3.44. The van der Waals surface area contributed by atoms with Crippen molar-refractivity contribution in [2.24, 2.45) is 5.73 Å². The molecule has 0 bridgehead atoms. The molecular formula is C14H20ClN3S. The molecule has 104 valence electrons. The molecule has 5 heteroatoms. The second kappa shape index (κ2) is 7.08. The molecule has 3 nitrogen and oxygen atoms in total. The smallest absolute Gasteiger partial charge is 0.0727 e. The number of hydrogen-bond acceptors (Lipinski definition) is 3. The minimum atomic E-state index is 0.623. The molecule has 0 unspecified atom stereocenters. The average Bonchev–Trinajstić information content (AvgIpc) is 2.39. The summed E-state index contributed by atoms with van der Waals surface area (Å²) in [5.74, 6) is 0. The van der Waals surface area contributed by atoms with Gasteiger partial charge in [0, 0.05) is 36.9 Å². The molecule has 0 aliphatic carbocycles. The van der Waals surface area contributed by atoms with E-state index in [1.165, 1.54) is 5.69 Å². The quantitative estimate of drug-likeness (QED) is 0.847. The summed E-state index contributed by atoms with van der Waals surface area (Å²) in [5.41, 5.74) is 6.73. The van der Waals surface area contributed by atoms with Crippen molar-refractivity contribution in [3.05, 3.63) is 29.3 Å². The van der Waals surface area contributed by atoms with Gasteiger partial charge in [-0.3, -0.25) is 4.90 Å². The van der Waals surface area contributed by atoms with Crippen molar-refractivity contribution in [1.29, 1.82) is 0 Å². The zero-order valence-electron chi connectivity index (χ0n) is 11.0. The van der Waals surface area contributed by atoms with E-state index in [2.05, 4.69) is 15.9 Å². The molecule has 0 spiro atoms. The van der Waals surface area contributed by atoms with Gasteiger partial charge >= 0.3 is 0 Å². The van der Waals surface area contributed by atoms with Crippen LogP contribution in [0.4, 0.5) is 5.69 Å². The van der Waals surface area contributed by atoms with Gasteiger partial charge in [0.15, 0.2) is 0 Å². The molecule has 1 aliphatic rings. The lowest BCUT2D eigenvalue weighted by Crippen LogP contribution is -2.46. The summed E-state index contributed by atoms with van der Waals surface area (Å²) in [6, 6.07) is 8.07. The Labute approximate surface area is 125 Å². The standard InChI is InChI=1S/C14H20ClN3S/c15-12-3-1-4-13(11-12)18-9-7-17(8-10-18)6-2-5-14(16)19/h1,3-4,11H,2,5-10H2,(H2,16,19). The van der Waals surface area contributed by atoms with Crippen LogP contribution in [0.15, 0.2) is 24.3 Å². The van der Waals surface area contributed by atoms with Gasteiger partial charge in [0.1, 0.15) is 0 Å². The fourth-order valence-electron chi connectivity index (χ4n) is 2.38. The second-order valence-corrected chi connectivity index (χ2v) is 5.84. The van der Waals surface area contributed by atoms with Gasteiger partial charge in [-0.05, 0) is 37.6 Å². The number of piperazine rings is 1. The average molecular weight is 298 g/mol. The Morgan fingerprint density at radius 1 is 1.26 bits per heavy atom. The molecule has 1 heterocycles. The minimum Gasteiger partial charge on any atom is -0.393 e. The van der Waals surface area contributed by atoms with Crippen LogP contribution in [-0.2, 0) is 0 Å². The Kier molecular flexibility index (Phi) is 5.43. The minimum absolute atomic E-state index is 0.623. The van der Waals surface area contributed by atoms with Crippen molar-refractivity contribution >= 4 is 34.5 Å². The number of halogens is 1. The molecule has 19 heavy (non-hydrogen) atoms. The maximum atomic E-state index is 6.03. The highest BCUT2D eigenvalue weighted by Crippen LogP contribution is 2.20. The van der Waals surface area contributed by atoms with E-state index in [0.717, 1.165) is 50.6 Å². The zero-order valence-corrected chi connectivity index (χ0v) is 12.6. The fraction of sp³-hybridized carbons (Fsp3) is 0.500. The molecule has 0 saturated carbocycles. The largest absolute Gasteiger partial charge is 0.393 e. The predicted octanol–water partition coefficient (Wildman–Crippen LogP) is 2.53. The van der Waals surface area contributed by atoms with Crippen molar-refractivity contribution in [3.8, 4) is 0 Å². The molecule has 0 amide bonds. The van der Waals surface area contributed by atoms with E-state index in [9.17, 15) is 0 Å². The second-order valence-electron chi connectivity index (χ2n) is 4.88. The number of rotatable bonds is 5. The summed E-state index contributed by atoms with van der Waals surface area (Å²) in [5, 5.41) is 0.802. The Bertz CT molecular complexity index is 430. The van der Waals surface area contributed by atoms with Crippen LogP contribution in [0.3, 0.4) is 0 Å². The van der Waals surface area contributed by atoms with Crippen LogP contribution >= 0.6 is 23.8 Å².